The molecule has 1 N–H and O–H groups in total. The number of hydrogen-bond acceptors (Lipinski definition) is 4. The Labute approximate surface area is 154 Å². The summed E-state index contributed by atoms with van der Waals surface area (Å²) in [5.41, 5.74) is 2.06. The van der Waals surface area contributed by atoms with Gasteiger partial charge in [-0.3, -0.25) is 9.69 Å². The highest BCUT2D eigenvalue weighted by Gasteiger charge is 2.48. The first-order valence-corrected chi connectivity index (χ1v) is 9.39. The zero-order valence-corrected chi connectivity index (χ0v) is 15.0. The van der Waals surface area contributed by atoms with E-state index in [2.05, 4.69) is 29.2 Å². The molecular weight excluding hydrogens is 328 g/mol. The van der Waals surface area contributed by atoms with Gasteiger partial charge in [0.25, 0.3) is 5.91 Å². The molecule has 4 rings (SSSR count). The Bertz CT molecular complexity index is 721. The second-order valence-electron chi connectivity index (χ2n) is 7.70. The van der Waals surface area contributed by atoms with Crippen molar-refractivity contribution in [3.63, 3.8) is 0 Å². The number of hydrogen-bond donors (Lipinski definition) is 1. The first-order valence-electron chi connectivity index (χ1n) is 9.39. The number of aliphatic hydroxyl groups excluding tert-OH is 1. The molecule has 0 aliphatic carbocycles. The molecule has 2 aliphatic heterocycles. The Hall–Kier alpha value is -2.11. The molecule has 1 aromatic heterocycles. The van der Waals surface area contributed by atoms with Crippen LogP contribution < -0.4 is 0 Å². The van der Waals surface area contributed by atoms with Gasteiger partial charge in [-0.05, 0) is 29.9 Å². The summed E-state index contributed by atoms with van der Waals surface area (Å²) in [5, 5.41) is 9.97. The lowest BCUT2D eigenvalue weighted by atomic mass is 9.71. The highest BCUT2D eigenvalue weighted by Crippen LogP contribution is 2.45. The Balaban J connectivity index is 1.41. The largest absolute Gasteiger partial charge is 0.472 e. The number of carbonyl (C=O) groups excluding carboxylic acids is 1. The molecule has 138 valence electrons. The molecule has 1 aromatic carbocycles. The van der Waals surface area contributed by atoms with Crippen LogP contribution in [0.15, 0.2) is 53.3 Å². The standard InChI is InChI=1S/C21H26N2O3/c24-14-19-13-22(12-17-4-2-1-3-5-17)16-21(19)7-9-23(10-8-21)20(25)18-6-11-26-15-18/h1-6,11,15,19,24H,7-10,12-14,16H2. The molecule has 1 unspecified atom stereocenters. The van der Waals surface area contributed by atoms with Crippen LogP contribution in [0, 0.1) is 11.3 Å². The molecule has 0 radical (unpaired) electrons. The van der Waals surface area contributed by atoms with Gasteiger partial charge < -0.3 is 14.4 Å². The van der Waals surface area contributed by atoms with Gasteiger partial charge in [0.15, 0.2) is 0 Å². The number of aliphatic hydroxyl groups is 1. The third-order valence-corrected chi connectivity index (χ3v) is 6.17. The van der Waals surface area contributed by atoms with Crippen LogP contribution in [0.1, 0.15) is 28.8 Å². The molecule has 0 saturated carbocycles. The van der Waals surface area contributed by atoms with Crippen molar-refractivity contribution in [2.75, 3.05) is 32.8 Å². The van der Waals surface area contributed by atoms with Crippen molar-refractivity contribution in [1.29, 1.82) is 0 Å². The fourth-order valence-corrected chi connectivity index (χ4v) is 4.65. The summed E-state index contributed by atoms with van der Waals surface area (Å²) in [6.07, 6.45) is 4.96. The first kappa shape index (κ1) is 17.3. The summed E-state index contributed by atoms with van der Waals surface area (Å²) in [5.74, 6) is 0.339. The summed E-state index contributed by atoms with van der Waals surface area (Å²) < 4.78 is 5.04. The van der Waals surface area contributed by atoms with E-state index in [9.17, 15) is 9.90 Å². The Kier molecular flexibility index (Phi) is 4.83. The molecule has 26 heavy (non-hydrogen) atoms. The third-order valence-electron chi connectivity index (χ3n) is 6.17. The van der Waals surface area contributed by atoms with Crippen molar-refractivity contribution in [2.45, 2.75) is 19.4 Å². The Morgan fingerprint density at radius 3 is 2.62 bits per heavy atom. The molecule has 5 nitrogen and oxygen atoms in total. The van der Waals surface area contributed by atoms with Gasteiger partial charge in [0.05, 0.1) is 11.8 Å². The van der Waals surface area contributed by atoms with Gasteiger partial charge in [-0.25, -0.2) is 0 Å². The van der Waals surface area contributed by atoms with E-state index in [-0.39, 0.29) is 23.8 Å². The number of furan rings is 1. The summed E-state index contributed by atoms with van der Waals surface area (Å²) in [6, 6.07) is 12.2. The predicted octanol–water partition coefficient (Wildman–Crippen LogP) is 2.63. The molecular formula is C21H26N2O3. The first-order chi connectivity index (χ1) is 12.7. The van der Waals surface area contributed by atoms with Crippen molar-refractivity contribution >= 4 is 5.91 Å². The maximum absolute atomic E-state index is 12.5. The van der Waals surface area contributed by atoms with E-state index >= 15 is 0 Å². The number of benzene rings is 1. The van der Waals surface area contributed by atoms with Crippen LogP contribution in [-0.4, -0.2) is 53.6 Å². The van der Waals surface area contributed by atoms with Crippen LogP contribution in [0.5, 0.6) is 0 Å². The summed E-state index contributed by atoms with van der Waals surface area (Å²) in [6.45, 7) is 4.58. The minimum atomic E-state index is 0.0493. The van der Waals surface area contributed by atoms with Gasteiger partial charge in [-0.2, -0.15) is 0 Å². The van der Waals surface area contributed by atoms with Gasteiger partial charge in [-0.15, -0.1) is 0 Å². The summed E-state index contributed by atoms with van der Waals surface area (Å²) in [7, 11) is 0. The molecule has 2 fully saturated rings. The van der Waals surface area contributed by atoms with Gasteiger partial charge in [0.1, 0.15) is 6.26 Å². The number of amides is 1. The molecule has 1 atom stereocenters. The minimum absolute atomic E-state index is 0.0493. The van der Waals surface area contributed by atoms with Crippen LogP contribution >= 0.6 is 0 Å². The van der Waals surface area contributed by atoms with Gasteiger partial charge >= 0.3 is 0 Å². The maximum atomic E-state index is 12.5. The van der Waals surface area contributed by atoms with Crippen LogP contribution in [0.25, 0.3) is 0 Å². The van der Waals surface area contributed by atoms with Crippen LogP contribution in [-0.2, 0) is 6.54 Å². The topological polar surface area (TPSA) is 56.9 Å². The molecule has 1 amide bonds. The van der Waals surface area contributed by atoms with E-state index in [1.807, 2.05) is 11.0 Å². The van der Waals surface area contributed by atoms with Crippen molar-refractivity contribution in [3.8, 4) is 0 Å². The van der Waals surface area contributed by atoms with E-state index in [0.29, 0.717) is 5.56 Å². The quantitative estimate of drug-likeness (QED) is 0.917. The number of nitrogens with zero attached hydrogens (tertiary/aromatic N) is 2. The lowest BCUT2D eigenvalue weighted by Gasteiger charge is -2.42. The van der Waals surface area contributed by atoms with E-state index in [4.69, 9.17) is 4.42 Å². The second kappa shape index (κ2) is 7.25. The normalized spacial score (nSPS) is 22.8. The van der Waals surface area contributed by atoms with Gasteiger partial charge in [-0.1, -0.05) is 30.3 Å². The fraction of sp³-hybridized carbons (Fsp3) is 0.476. The maximum Gasteiger partial charge on any atom is 0.257 e. The second-order valence-corrected chi connectivity index (χ2v) is 7.70. The van der Waals surface area contributed by atoms with Crippen LogP contribution in [0.2, 0.25) is 0 Å². The van der Waals surface area contributed by atoms with Crippen molar-refractivity contribution in [1.82, 2.24) is 9.80 Å². The highest BCUT2D eigenvalue weighted by atomic mass is 16.3. The minimum Gasteiger partial charge on any atom is -0.472 e. The molecule has 2 aliphatic rings. The van der Waals surface area contributed by atoms with Crippen molar-refractivity contribution in [2.24, 2.45) is 11.3 Å². The molecule has 5 heteroatoms. The predicted molar refractivity (Wildman–Crippen MR) is 98.6 cm³/mol. The van der Waals surface area contributed by atoms with Crippen LogP contribution in [0.4, 0.5) is 0 Å². The number of rotatable bonds is 4. The highest BCUT2D eigenvalue weighted by molar-refractivity contribution is 5.93. The third kappa shape index (κ3) is 3.29. The Morgan fingerprint density at radius 2 is 1.96 bits per heavy atom. The van der Waals surface area contributed by atoms with Gasteiger partial charge in [0.2, 0.25) is 0 Å². The van der Waals surface area contributed by atoms with Crippen molar-refractivity contribution < 1.29 is 14.3 Å². The molecule has 2 saturated heterocycles. The fourth-order valence-electron chi connectivity index (χ4n) is 4.65. The smallest absolute Gasteiger partial charge is 0.257 e. The molecule has 1 spiro atoms. The average Bonchev–Trinajstić information content (AvgIpc) is 3.31. The SMILES string of the molecule is O=C(c1ccoc1)N1CCC2(CC1)CN(Cc1ccccc1)CC2CO. The zero-order valence-electron chi connectivity index (χ0n) is 15.0. The zero-order chi connectivity index (χ0) is 18.0. The number of carbonyl (C=O) groups is 1. The van der Waals surface area contributed by atoms with E-state index in [1.54, 1.807) is 12.3 Å². The monoisotopic (exact) mass is 354 g/mol. The molecule has 2 aromatic rings. The molecule has 3 heterocycles. The van der Waals surface area contributed by atoms with E-state index in [0.717, 1.165) is 45.6 Å². The van der Waals surface area contributed by atoms with E-state index < -0.39 is 0 Å². The van der Waals surface area contributed by atoms with Crippen LogP contribution in [0.3, 0.4) is 0 Å². The summed E-state index contributed by atoms with van der Waals surface area (Å²) >= 11 is 0. The Morgan fingerprint density at radius 1 is 1.19 bits per heavy atom. The summed E-state index contributed by atoms with van der Waals surface area (Å²) in [4.78, 5) is 16.9. The van der Waals surface area contributed by atoms with Crippen molar-refractivity contribution in [3.05, 3.63) is 60.1 Å². The number of likely N-dealkylation sites (tertiary alicyclic amines) is 2. The lowest BCUT2D eigenvalue weighted by Crippen LogP contribution is -2.47. The molecule has 0 bridgehead atoms. The average molecular weight is 354 g/mol. The lowest BCUT2D eigenvalue weighted by molar-refractivity contribution is 0.0401. The number of piperidine rings is 1. The van der Waals surface area contributed by atoms with E-state index in [1.165, 1.54) is 11.8 Å². The van der Waals surface area contributed by atoms with Gasteiger partial charge in [0, 0.05) is 45.2 Å².